The third-order valence-electron chi connectivity index (χ3n) is 4.87. The van der Waals surface area contributed by atoms with E-state index in [9.17, 15) is 13.2 Å². The van der Waals surface area contributed by atoms with Crippen molar-refractivity contribution in [3.63, 3.8) is 0 Å². The molecule has 0 bridgehead atoms. The molecule has 3 rings (SSSR count). The summed E-state index contributed by atoms with van der Waals surface area (Å²) in [5.41, 5.74) is 3.09. The number of carbonyl (C=O) groups is 1. The monoisotopic (exact) mass is 453 g/mol. The number of nitrogens with zero attached hydrogens (tertiary/aromatic N) is 1. The second kappa shape index (κ2) is 10.9. The van der Waals surface area contributed by atoms with Gasteiger partial charge in [-0.3, -0.25) is 4.79 Å². The molecule has 1 heterocycles. The van der Waals surface area contributed by atoms with E-state index in [-0.39, 0.29) is 10.8 Å². The SMILES string of the molecule is CCC(=O)Nc1c(C)noc1C=Cc1ccc(S(=O)(=O)NCCCc2ccccc2)cc1. The van der Waals surface area contributed by atoms with E-state index in [1.165, 1.54) is 5.56 Å². The molecule has 1 aromatic heterocycles. The maximum absolute atomic E-state index is 12.5. The molecule has 0 saturated carbocycles. The number of rotatable bonds is 10. The van der Waals surface area contributed by atoms with Crippen molar-refractivity contribution in [2.24, 2.45) is 0 Å². The fourth-order valence-corrected chi connectivity index (χ4v) is 4.11. The van der Waals surface area contributed by atoms with Crippen LogP contribution >= 0.6 is 0 Å². The quantitative estimate of drug-likeness (QED) is 0.443. The molecule has 168 valence electrons. The van der Waals surface area contributed by atoms with Crippen molar-refractivity contribution in [3.05, 3.63) is 77.2 Å². The van der Waals surface area contributed by atoms with Gasteiger partial charge in [0.05, 0.1) is 4.90 Å². The molecule has 0 saturated heterocycles. The maximum atomic E-state index is 12.5. The highest BCUT2D eigenvalue weighted by Gasteiger charge is 2.14. The highest BCUT2D eigenvalue weighted by Crippen LogP contribution is 2.23. The number of benzene rings is 2. The van der Waals surface area contributed by atoms with Crippen molar-refractivity contribution in [1.29, 1.82) is 0 Å². The maximum Gasteiger partial charge on any atom is 0.240 e. The average molecular weight is 454 g/mol. The van der Waals surface area contributed by atoms with Crippen molar-refractivity contribution in [1.82, 2.24) is 9.88 Å². The predicted molar refractivity (Wildman–Crippen MR) is 125 cm³/mol. The van der Waals surface area contributed by atoms with Crippen LogP contribution in [-0.2, 0) is 21.2 Å². The molecule has 0 atom stereocenters. The van der Waals surface area contributed by atoms with Crippen LogP contribution in [-0.4, -0.2) is 26.0 Å². The Kier molecular flexibility index (Phi) is 7.97. The summed E-state index contributed by atoms with van der Waals surface area (Å²) in [6.07, 6.45) is 5.35. The minimum Gasteiger partial charge on any atom is -0.354 e. The highest BCUT2D eigenvalue weighted by molar-refractivity contribution is 7.89. The number of amides is 1. The van der Waals surface area contributed by atoms with Crippen molar-refractivity contribution >= 4 is 33.8 Å². The first-order valence-electron chi connectivity index (χ1n) is 10.5. The van der Waals surface area contributed by atoms with Crippen LogP contribution in [0.3, 0.4) is 0 Å². The Morgan fingerprint density at radius 3 is 2.47 bits per heavy atom. The Hall–Kier alpha value is -3.23. The zero-order valence-corrected chi connectivity index (χ0v) is 19.0. The van der Waals surface area contributed by atoms with Gasteiger partial charge in [-0.25, -0.2) is 13.1 Å². The van der Waals surface area contributed by atoms with Gasteiger partial charge >= 0.3 is 0 Å². The standard InChI is InChI=1S/C24H27N3O4S/c1-3-23(28)26-24-18(2)27-31-22(24)16-13-20-11-14-21(15-12-20)32(29,30)25-17-7-10-19-8-5-4-6-9-19/h4-6,8-9,11-16,25H,3,7,10,17H2,1-2H3,(H,26,28). The zero-order chi connectivity index (χ0) is 23.0. The van der Waals surface area contributed by atoms with Gasteiger partial charge in [0.15, 0.2) is 5.76 Å². The summed E-state index contributed by atoms with van der Waals surface area (Å²) in [5, 5.41) is 6.66. The van der Waals surface area contributed by atoms with E-state index in [0.717, 1.165) is 18.4 Å². The summed E-state index contributed by atoms with van der Waals surface area (Å²) in [4.78, 5) is 11.9. The van der Waals surface area contributed by atoms with Crippen LogP contribution < -0.4 is 10.0 Å². The molecule has 0 unspecified atom stereocenters. The predicted octanol–water partition coefficient (Wildman–Crippen LogP) is 4.41. The molecule has 0 aliphatic heterocycles. The van der Waals surface area contributed by atoms with Gasteiger partial charge in [-0.05, 0) is 49.1 Å². The summed E-state index contributed by atoms with van der Waals surface area (Å²) in [5.74, 6) is 0.304. The van der Waals surface area contributed by atoms with Crippen LogP contribution in [0.15, 0.2) is 64.0 Å². The van der Waals surface area contributed by atoms with Gasteiger partial charge in [0, 0.05) is 13.0 Å². The minimum atomic E-state index is -3.57. The number of hydrogen-bond acceptors (Lipinski definition) is 5. The van der Waals surface area contributed by atoms with E-state index in [1.54, 1.807) is 50.3 Å². The summed E-state index contributed by atoms with van der Waals surface area (Å²) in [6.45, 7) is 3.88. The molecular formula is C24H27N3O4S. The molecular weight excluding hydrogens is 426 g/mol. The fourth-order valence-electron chi connectivity index (χ4n) is 3.04. The average Bonchev–Trinajstić information content (AvgIpc) is 3.15. The van der Waals surface area contributed by atoms with Crippen LogP contribution in [0.2, 0.25) is 0 Å². The van der Waals surface area contributed by atoms with Crippen LogP contribution in [0.4, 0.5) is 5.69 Å². The molecule has 0 aliphatic rings. The zero-order valence-electron chi connectivity index (χ0n) is 18.2. The third-order valence-corrected chi connectivity index (χ3v) is 6.35. The number of sulfonamides is 1. The van der Waals surface area contributed by atoms with E-state index in [2.05, 4.69) is 15.2 Å². The largest absolute Gasteiger partial charge is 0.354 e. The number of hydrogen-bond donors (Lipinski definition) is 2. The smallest absolute Gasteiger partial charge is 0.240 e. The van der Waals surface area contributed by atoms with Gasteiger partial charge in [0.1, 0.15) is 11.4 Å². The molecule has 0 fully saturated rings. The number of aryl methyl sites for hydroxylation is 2. The summed E-state index contributed by atoms with van der Waals surface area (Å²) in [7, 11) is -3.57. The molecule has 3 aromatic rings. The molecule has 8 heteroatoms. The number of anilines is 1. The van der Waals surface area contributed by atoms with Gasteiger partial charge in [-0.2, -0.15) is 0 Å². The fraction of sp³-hybridized carbons (Fsp3) is 0.250. The molecule has 0 radical (unpaired) electrons. The van der Waals surface area contributed by atoms with Crippen LogP contribution in [0.1, 0.15) is 42.3 Å². The van der Waals surface area contributed by atoms with Gasteiger partial charge < -0.3 is 9.84 Å². The van der Waals surface area contributed by atoms with E-state index in [4.69, 9.17) is 4.52 Å². The summed E-state index contributed by atoms with van der Waals surface area (Å²) < 4.78 is 33.0. The second-order valence-corrected chi connectivity index (χ2v) is 9.07. The highest BCUT2D eigenvalue weighted by atomic mass is 32.2. The normalized spacial score (nSPS) is 11.7. The van der Waals surface area contributed by atoms with Crippen LogP contribution in [0.5, 0.6) is 0 Å². The van der Waals surface area contributed by atoms with Crippen LogP contribution in [0.25, 0.3) is 12.2 Å². The first-order chi connectivity index (χ1) is 15.4. The Morgan fingerprint density at radius 1 is 1.06 bits per heavy atom. The Morgan fingerprint density at radius 2 is 1.78 bits per heavy atom. The first-order valence-corrected chi connectivity index (χ1v) is 11.9. The van der Waals surface area contributed by atoms with Gasteiger partial charge in [-0.1, -0.05) is 60.6 Å². The Bertz CT molecular complexity index is 1170. The van der Waals surface area contributed by atoms with E-state index >= 15 is 0 Å². The van der Waals surface area contributed by atoms with E-state index in [0.29, 0.717) is 30.1 Å². The van der Waals surface area contributed by atoms with Crippen molar-refractivity contribution < 1.29 is 17.7 Å². The van der Waals surface area contributed by atoms with E-state index in [1.807, 2.05) is 30.3 Å². The molecule has 7 nitrogen and oxygen atoms in total. The number of carbonyl (C=O) groups excluding carboxylic acids is 1. The second-order valence-electron chi connectivity index (χ2n) is 7.30. The Balaban J connectivity index is 1.59. The lowest BCUT2D eigenvalue weighted by molar-refractivity contribution is -0.115. The minimum absolute atomic E-state index is 0.128. The number of nitrogens with one attached hydrogen (secondary N) is 2. The first kappa shape index (κ1) is 23.4. The van der Waals surface area contributed by atoms with Crippen molar-refractivity contribution in [2.45, 2.75) is 38.0 Å². The summed E-state index contributed by atoms with van der Waals surface area (Å²) >= 11 is 0. The summed E-state index contributed by atoms with van der Waals surface area (Å²) in [6, 6.07) is 16.5. The van der Waals surface area contributed by atoms with Gasteiger partial charge in [0.2, 0.25) is 15.9 Å². The number of aromatic nitrogens is 1. The topological polar surface area (TPSA) is 101 Å². The Labute approximate surface area is 188 Å². The lowest BCUT2D eigenvalue weighted by Gasteiger charge is -2.07. The molecule has 0 spiro atoms. The van der Waals surface area contributed by atoms with Crippen molar-refractivity contribution in [3.8, 4) is 0 Å². The van der Waals surface area contributed by atoms with Crippen molar-refractivity contribution in [2.75, 3.05) is 11.9 Å². The third kappa shape index (κ3) is 6.38. The molecule has 2 aromatic carbocycles. The molecule has 32 heavy (non-hydrogen) atoms. The van der Waals surface area contributed by atoms with E-state index < -0.39 is 10.0 Å². The lowest BCUT2D eigenvalue weighted by atomic mass is 10.1. The van der Waals surface area contributed by atoms with Gasteiger partial charge in [-0.15, -0.1) is 0 Å². The molecule has 1 amide bonds. The van der Waals surface area contributed by atoms with Crippen LogP contribution in [0, 0.1) is 6.92 Å². The van der Waals surface area contributed by atoms with Gasteiger partial charge in [0.25, 0.3) is 0 Å². The lowest BCUT2D eigenvalue weighted by Crippen LogP contribution is -2.25. The molecule has 2 N–H and O–H groups in total. The molecule has 0 aliphatic carbocycles.